The van der Waals surface area contributed by atoms with Gasteiger partial charge < -0.3 is 4.74 Å². The van der Waals surface area contributed by atoms with E-state index in [-0.39, 0.29) is 12.5 Å². The van der Waals surface area contributed by atoms with E-state index >= 15 is 0 Å². The fourth-order valence-corrected chi connectivity index (χ4v) is 3.50. The Hall–Kier alpha value is -1.24. The molecular formula is C17H21BrN4O. The number of hydrogen-bond acceptors (Lipinski definition) is 4. The Morgan fingerprint density at radius 2 is 2.22 bits per heavy atom. The summed E-state index contributed by atoms with van der Waals surface area (Å²) >= 11 is 3.55. The second-order valence-corrected chi connectivity index (χ2v) is 7.40. The van der Waals surface area contributed by atoms with Crippen molar-refractivity contribution in [2.75, 3.05) is 14.1 Å². The molecule has 0 radical (unpaired) electrons. The fraction of sp³-hybridized carbons (Fsp3) is 0.529. The van der Waals surface area contributed by atoms with Crippen molar-refractivity contribution in [1.29, 1.82) is 0 Å². The van der Waals surface area contributed by atoms with Crippen molar-refractivity contribution < 1.29 is 4.74 Å². The monoisotopic (exact) mass is 376 g/mol. The first-order valence-electron chi connectivity index (χ1n) is 8.13. The predicted molar refractivity (Wildman–Crippen MR) is 91.2 cm³/mol. The van der Waals surface area contributed by atoms with Crippen molar-refractivity contribution in [1.82, 2.24) is 19.7 Å². The van der Waals surface area contributed by atoms with Crippen LogP contribution in [0.25, 0.3) is 0 Å². The highest BCUT2D eigenvalue weighted by atomic mass is 79.9. The molecule has 0 N–H and O–H groups in total. The Morgan fingerprint density at radius 1 is 1.39 bits per heavy atom. The number of hydrogen-bond donors (Lipinski definition) is 0. The van der Waals surface area contributed by atoms with Gasteiger partial charge in [-0.1, -0.05) is 12.5 Å². The minimum atomic E-state index is 0.0317. The van der Waals surface area contributed by atoms with Crippen LogP contribution in [0, 0.1) is 0 Å². The Morgan fingerprint density at radius 3 is 2.83 bits per heavy atom. The molecule has 5 nitrogen and oxygen atoms in total. The molecule has 0 bridgehead atoms. The van der Waals surface area contributed by atoms with E-state index in [1.165, 1.54) is 36.2 Å². The maximum atomic E-state index is 5.82. The average molecular weight is 377 g/mol. The van der Waals surface area contributed by atoms with Crippen molar-refractivity contribution in [2.45, 2.75) is 44.1 Å². The number of rotatable bonds is 5. The minimum absolute atomic E-state index is 0.0317. The lowest BCUT2D eigenvalue weighted by molar-refractivity contribution is 0.237. The van der Waals surface area contributed by atoms with Crippen molar-refractivity contribution in [3.63, 3.8) is 0 Å². The van der Waals surface area contributed by atoms with Gasteiger partial charge in [0.1, 0.15) is 4.60 Å². The van der Waals surface area contributed by atoms with E-state index in [9.17, 15) is 0 Å². The second kappa shape index (κ2) is 6.00. The standard InChI is InChI=1S/C17H21BrN4O/c1-21(2)16-17(23-16)22-13(9-12-7-4-8-19-15(12)18)10-14(20-22)11-5-3-6-11/h4,7-8,10-11,16-17H,3,5-6,9H2,1-2H3/t16-,17?/m1/s1. The van der Waals surface area contributed by atoms with Gasteiger partial charge >= 0.3 is 0 Å². The van der Waals surface area contributed by atoms with Gasteiger partial charge in [0, 0.05) is 24.2 Å². The first-order chi connectivity index (χ1) is 11.1. The first kappa shape index (κ1) is 15.3. The maximum Gasteiger partial charge on any atom is 0.192 e. The third-order valence-corrected chi connectivity index (χ3v) is 5.47. The van der Waals surface area contributed by atoms with Crippen molar-refractivity contribution in [2.24, 2.45) is 0 Å². The van der Waals surface area contributed by atoms with Gasteiger partial charge in [-0.25, -0.2) is 9.67 Å². The van der Waals surface area contributed by atoms with Crippen LogP contribution >= 0.6 is 15.9 Å². The van der Waals surface area contributed by atoms with E-state index in [0.29, 0.717) is 5.92 Å². The summed E-state index contributed by atoms with van der Waals surface area (Å²) in [4.78, 5) is 6.42. The number of epoxide rings is 1. The molecule has 2 fully saturated rings. The Bertz CT molecular complexity index is 710. The molecule has 23 heavy (non-hydrogen) atoms. The van der Waals surface area contributed by atoms with Crippen molar-refractivity contribution in [3.05, 3.63) is 46.0 Å². The van der Waals surface area contributed by atoms with Crippen LogP contribution in [0.5, 0.6) is 0 Å². The van der Waals surface area contributed by atoms with Gasteiger partial charge in [-0.15, -0.1) is 0 Å². The largest absolute Gasteiger partial charge is 0.329 e. The van der Waals surface area contributed by atoms with Gasteiger partial charge in [0.25, 0.3) is 0 Å². The van der Waals surface area contributed by atoms with E-state index in [1.54, 1.807) is 6.20 Å². The van der Waals surface area contributed by atoms with Gasteiger partial charge in [-0.2, -0.15) is 5.10 Å². The lowest BCUT2D eigenvalue weighted by Gasteiger charge is -2.22. The van der Waals surface area contributed by atoms with Crippen LogP contribution in [0.1, 0.15) is 48.4 Å². The minimum Gasteiger partial charge on any atom is -0.329 e. The fourth-order valence-electron chi connectivity index (χ4n) is 3.11. The molecule has 1 unspecified atom stereocenters. The van der Waals surface area contributed by atoms with E-state index in [1.807, 2.05) is 20.2 Å². The predicted octanol–water partition coefficient (Wildman–Crippen LogP) is 3.32. The SMILES string of the molecule is CN(C)[C@@H]1OC1n1nc(C2CCC2)cc1Cc1cccnc1Br. The molecule has 1 aliphatic carbocycles. The normalized spacial score (nSPS) is 24.0. The number of aromatic nitrogens is 3. The highest BCUT2D eigenvalue weighted by molar-refractivity contribution is 9.10. The lowest BCUT2D eigenvalue weighted by Crippen LogP contribution is -2.19. The van der Waals surface area contributed by atoms with Crippen LogP contribution in [-0.2, 0) is 11.2 Å². The lowest BCUT2D eigenvalue weighted by atomic mass is 9.83. The van der Waals surface area contributed by atoms with Gasteiger partial charge in [0.05, 0.1) is 5.69 Å². The molecule has 3 heterocycles. The van der Waals surface area contributed by atoms with Gasteiger partial charge in [0.15, 0.2) is 12.5 Å². The number of ether oxygens (including phenoxy) is 1. The first-order valence-corrected chi connectivity index (χ1v) is 8.92. The zero-order valence-corrected chi connectivity index (χ0v) is 15.0. The highest BCUT2D eigenvalue weighted by Gasteiger charge is 2.44. The molecule has 1 saturated carbocycles. The van der Waals surface area contributed by atoms with Crippen LogP contribution in [-0.4, -0.2) is 40.0 Å². The Labute approximate surface area is 144 Å². The summed E-state index contributed by atoms with van der Waals surface area (Å²) in [5.41, 5.74) is 3.60. The zero-order valence-electron chi connectivity index (χ0n) is 13.4. The summed E-state index contributed by atoms with van der Waals surface area (Å²) in [6, 6.07) is 6.34. The number of nitrogens with zero attached hydrogens (tertiary/aromatic N) is 4. The number of likely N-dealkylation sites (N-methyl/N-ethyl adjacent to an activating group) is 1. The van der Waals surface area contributed by atoms with Gasteiger partial charge in [-0.3, -0.25) is 4.90 Å². The second-order valence-electron chi connectivity index (χ2n) is 6.64. The Balaban J connectivity index is 1.64. The zero-order chi connectivity index (χ0) is 16.0. The summed E-state index contributed by atoms with van der Waals surface area (Å²) in [7, 11) is 4.08. The molecule has 0 aromatic carbocycles. The molecule has 1 aliphatic heterocycles. The summed E-state index contributed by atoms with van der Waals surface area (Å²) in [5.74, 6) is 0.629. The van der Waals surface area contributed by atoms with Crippen LogP contribution in [0.3, 0.4) is 0 Å². The molecule has 2 aromatic heterocycles. The smallest absolute Gasteiger partial charge is 0.192 e. The van der Waals surface area contributed by atoms with Crippen molar-refractivity contribution >= 4 is 15.9 Å². The van der Waals surface area contributed by atoms with Crippen LogP contribution in [0.15, 0.2) is 29.0 Å². The molecule has 2 atom stereocenters. The van der Waals surface area contributed by atoms with Gasteiger partial charge in [0.2, 0.25) is 0 Å². The number of halogens is 1. The third-order valence-electron chi connectivity index (χ3n) is 4.76. The molecule has 2 aliphatic rings. The summed E-state index contributed by atoms with van der Waals surface area (Å²) in [6.07, 6.45) is 6.61. The Kier molecular flexibility index (Phi) is 3.99. The average Bonchev–Trinajstić information content (AvgIpc) is 3.16. The van der Waals surface area contributed by atoms with Crippen LogP contribution in [0.4, 0.5) is 0 Å². The van der Waals surface area contributed by atoms with E-state index in [0.717, 1.165) is 11.0 Å². The molecule has 6 heteroatoms. The molecule has 0 amide bonds. The molecule has 4 rings (SSSR count). The van der Waals surface area contributed by atoms with E-state index in [2.05, 4.69) is 42.6 Å². The van der Waals surface area contributed by atoms with Crippen LogP contribution < -0.4 is 0 Å². The molecule has 0 spiro atoms. The van der Waals surface area contributed by atoms with Crippen LogP contribution in [0.2, 0.25) is 0 Å². The molecular weight excluding hydrogens is 356 g/mol. The number of pyridine rings is 1. The quantitative estimate of drug-likeness (QED) is 0.593. The summed E-state index contributed by atoms with van der Waals surface area (Å²) in [6.45, 7) is 0. The molecule has 122 valence electrons. The maximum absolute atomic E-state index is 5.82. The topological polar surface area (TPSA) is 46.5 Å². The molecule has 2 aromatic rings. The summed E-state index contributed by atoms with van der Waals surface area (Å²) < 4.78 is 8.80. The highest BCUT2D eigenvalue weighted by Crippen LogP contribution is 2.40. The van der Waals surface area contributed by atoms with Crippen molar-refractivity contribution in [3.8, 4) is 0 Å². The van der Waals surface area contributed by atoms with E-state index < -0.39 is 0 Å². The van der Waals surface area contributed by atoms with E-state index in [4.69, 9.17) is 9.84 Å². The summed E-state index contributed by atoms with van der Waals surface area (Å²) in [5, 5.41) is 4.88. The van der Waals surface area contributed by atoms with Gasteiger partial charge in [-0.05, 0) is 60.6 Å². The third kappa shape index (κ3) is 2.95. The molecule has 1 saturated heterocycles.